The highest BCUT2D eigenvalue weighted by atomic mass is 16.5. The summed E-state index contributed by atoms with van der Waals surface area (Å²) < 4.78 is 12.7. The highest BCUT2D eigenvalue weighted by Crippen LogP contribution is 2.30. The maximum absolute atomic E-state index is 11.1. The van der Waals surface area contributed by atoms with Gasteiger partial charge in [-0.05, 0) is 18.6 Å². The van der Waals surface area contributed by atoms with E-state index in [2.05, 4.69) is 17.0 Å². The highest BCUT2D eigenvalue weighted by molar-refractivity contribution is 5.81. The summed E-state index contributed by atoms with van der Waals surface area (Å²) in [4.78, 5) is 15.2. The molecule has 6 nitrogen and oxygen atoms in total. The molecule has 0 fully saturated rings. The van der Waals surface area contributed by atoms with Crippen LogP contribution in [0.4, 0.5) is 0 Å². The lowest BCUT2D eigenvalue weighted by Crippen LogP contribution is -2.09. The normalized spacial score (nSPS) is 10.3. The van der Waals surface area contributed by atoms with Crippen LogP contribution in [0.15, 0.2) is 24.5 Å². The minimum atomic E-state index is 0.237. The smallest absolute Gasteiger partial charge is 0.172 e. The van der Waals surface area contributed by atoms with Crippen LogP contribution in [0.3, 0.4) is 0 Å². The molecule has 0 unspecified atom stereocenters. The number of rotatable bonds is 7. The van der Waals surface area contributed by atoms with E-state index in [9.17, 15) is 4.79 Å². The van der Waals surface area contributed by atoms with E-state index in [1.807, 2.05) is 0 Å². The van der Waals surface area contributed by atoms with Gasteiger partial charge >= 0.3 is 0 Å². The van der Waals surface area contributed by atoms with Crippen LogP contribution in [0.5, 0.6) is 11.5 Å². The number of benzene rings is 1. The van der Waals surface area contributed by atoms with Crippen LogP contribution in [0.25, 0.3) is 0 Å². The molecule has 0 radical (unpaired) electrons. The Hall–Kier alpha value is -2.37. The van der Waals surface area contributed by atoms with Gasteiger partial charge in [0.2, 0.25) is 0 Å². The van der Waals surface area contributed by atoms with Crippen molar-refractivity contribution in [2.45, 2.75) is 26.5 Å². The molecule has 20 heavy (non-hydrogen) atoms. The van der Waals surface area contributed by atoms with Gasteiger partial charge in [-0.1, -0.05) is 13.0 Å². The van der Waals surface area contributed by atoms with Gasteiger partial charge in [0.25, 0.3) is 0 Å². The van der Waals surface area contributed by atoms with Crippen LogP contribution >= 0.6 is 0 Å². The molecule has 0 atom stereocenters. The number of hydrogen-bond donors (Lipinski definition) is 0. The number of nitrogens with zero attached hydrogens (tertiary/aromatic N) is 3. The van der Waals surface area contributed by atoms with Crippen molar-refractivity contribution >= 4 is 6.29 Å². The molecule has 0 saturated carbocycles. The maximum Gasteiger partial charge on any atom is 0.172 e. The summed E-state index contributed by atoms with van der Waals surface area (Å²) in [6.07, 6.45) is 3.20. The van der Waals surface area contributed by atoms with E-state index in [4.69, 9.17) is 9.47 Å². The number of aromatic nitrogens is 3. The predicted octanol–water partition coefficient (Wildman–Crippen LogP) is 2.09. The first kappa shape index (κ1) is 14.0. The van der Waals surface area contributed by atoms with E-state index in [0.717, 1.165) is 25.1 Å². The van der Waals surface area contributed by atoms with Crippen molar-refractivity contribution < 1.29 is 14.3 Å². The summed E-state index contributed by atoms with van der Waals surface area (Å²) >= 11 is 0. The molecule has 0 aliphatic rings. The number of carbonyl (C=O) groups excluding carboxylic acids is 1. The minimum absolute atomic E-state index is 0.237. The summed E-state index contributed by atoms with van der Waals surface area (Å²) in [6.45, 7) is 3.09. The van der Waals surface area contributed by atoms with Crippen molar-refractivity contribution in [1.82, 2.24) is 14.8 Å². The van der Waals surface area contributed by atoms with Gasteiger partial charge in [-0.25, -0.2) is 9.67 Å². The lowest BCUT2D eigenvalue weighted by molar-refractivity contribution is 0.111. The predicted molar refractivity (Wildman–Crippen MR) is 73.0 cm³/mol. The Balaban J connectivity index is 2.18. The molecule has 1 aromatic heterocycles. The molecule has 0 amide bonds. The molecule has 0 spiro atoms. The Labute approximate surface area is 117 Å². The quantitative estimate of drug-likeness (QED) is 0.724. The Morgan fingerprint density at radius 2 is 2.25 bits per heavy atom. The van der Waals surface area contributed by atoms with E-state index in [1.54, 1.807) is 22.9 Å². The van der Waals surface area contributed by atoms with E-state index in [-0.39, 0.29) is 6.61 Å². The number of hydrogen-bond acceptors (Lipinski definition) is 5. The third-order valence-corrected chi connectivity index (χ3v) is 2.83. The zero-order valence-electron chi connectivity index (χ0n) is 11.6. The second-order valence-electron chi connectivity index (χ2n) is 4.18. The van der Waals surface area contributed by atoms with E-state index >= 15 is 0 Å². The van der Waals surface area contributed by atoms with Gasteiger partial charge in [0.1, 0.15) is 12.9 Å². The monoisotopic (exact) mass is 275 g/mol. The van der Waals surface area contributed by atoms with Crippen LogP contribution in [0, 0.1) is 0 Å². The fourth-order valence-corrected chi connectivity index (χ4v) is 1.88. The van der Waals surface area contributed by atoms with Gasteiger partial charge in [0.05, 0.1) is 12.7 Å². The summed E-state index contributed by atoms with van der Waals surface area (Å²) in [5.41, 5.74) is 0.450. The molecule has 106 valence electrons. The molecule has 1 heterocycles. The van der Waals surface area contributed by atoms with Gasteiger partial charge in [0, 0.05) is 6.54 Å². The van der Waals surface area contributed by atoms with Crippen LogP contribution in [0.1, 0.15) is 29.5 Å². The number of methoxy groups -OCH3 is 1. The van der Waals surface area contributed by atoms with Crippen molar-refractivity contribution in [3.8, 4) is 11.5 Å². The fourth-order valence-electron chi connectivity index (χ4n) is 1.88. The highest BCUT2D eigenvalue weighted by Gasteiger charge is 2.12. The second-order valence-corrected chi connectivity index (χ2v) is 4.18. The van der Waals surface area contributed by atoms with Crippen LogP contribution < -0.4 is 9.47 Å². The zero-order chi connectivity index (χ0) is 14.4. The molecule has 2 aromatic rings. The molecule has 6 heteroatoms. The molecule has 2 rings (SSSR count). The topological polar surface area (TPSA) is 66.2 Å². The Kier molecular flexibility index (Phi) is 4.70. The summed E-state index contributed by atoms with van der Waals surface area (Å²) in [7, 11) is 1.54. The van der Waals surface area contributed by atoms with Gasteiger partial charge in [-0.3, -0.25) is 4.79 Å². The first-order valence-corrected chi connectivity index (χ1v) is 6.41. The number of para-hydroxylation sites is 1. The Bertz CT molecular complexity index is 581. The fraction of sp³-hybridized carbons (Fsp3) is 0.357. The first-order chi connectivity index (χ1) is 9.80. The van der Waals surface area contributed by atoms with Crippen LogP contribution in [-0.2, 0) is 13.2 Å². The Morgan fingerprint density at radius 1 is 1.40 bits per heavy atom. The van der Waals surface area contributed by atoms with E-state index in [1.165, 1.54) is 13.4 Å². The minimum Gasteiger partial charge on any atom is -0.493 e. The first-order valence-electron chi connectivity index (χ1n) is 6.41. The van der Waals surface area contributed by atoms with E-state index < -0.39 is 0 Å². The summed E-state index contributed by atoms with van der Waals surface area (Å²) in [5.74, 6) is 1.67. The van der Waals surface area contributed by atoms with Gasteiger partial charge in [-0.15, -0.1) is 0 Å². The molecule has 0 aliphatic heterocycles. The molecule has 0 saturated heterocycles. The average molecular weight is 275 g/mol. The number of carbonyl (C=O) groups is 1. The summed E-state index contributed by atoms with van der Waals surface area (Å²) in [6, 6.07) is 5.18. The third-order valence-electron chi connectivity index (χ3n) is 2.83. The van der Waals surface area contributed by atoms with Crippen molar-refractivity contribution in [2.75, 3.05) is 7.11 Å². The molecular formula is C14H17N3O3. The number of aldehydes is 1. The molecular weight excluding hydrogens is 258 g/mol. The van der Waals surface area contributed by atoms with Gasteiger partial charge in [0.15, 0.2) is 23.6 Å². The number of ether oxygens (including phenoxy) is 2. The van der Waals surface area contributed by atoms with Crippen molar-refractivity contribution in [2.24, 2.45) is 0 Å². The van der Waals surface area contributed by atoms with Crippen molar-refractivity contribution in [3.63, 3.8) is 0 Å². The van der Waals surface area contributed by atoms with Crippen molar-refractivity contribution in [3.05, 3.63) is 35.9 Å². The zero-order valence-corrected chi connectivity index (χ0v) is 11.6. The Morgan fingerprint density at radius 3 is 2.95 bits per heavy atom. The molecule has 0 N–H and O–H groups in total. The van der Waals surface area contributed by atoms with Crippen LogP contribution in [0.2, 0.25) is 0 Å². The average Bonchev–Trinajstić information content (AvgIpc) is 2.92. The standard InChI is InChI=1S/C14H17N3O3/c1-3-7-17-13(15-10-16-17)9-20-14-11(8-18)5-4-6-12(14)19-2/h4-6,8,10H,3,7,9H2,1-2H3. The molecule has 1 aromatic carbocycles. The lowest BCUT2D eigenvalue weighted by Gasteiger charge is -2.12. The van der Waals surface area contributed by atoms with Crippen LogP contribution in [-0.4, -0.2) is 28.2 Å². The molecule has 0 aliphatic carbocycles. The van der Waals surface area contributed by atoms with Gasteiger partial charge in [-0.2, -0.15) is 5.10 Å². The largest absolute Gasteiger partial charge is 0.493 e. The van der Waals surface area contributed by atoms with Crippen molar-refractivity contribution in [1.29, 1.82) is 0 Å². The SMILES string of the molecule is CCCn1ncnc1COc1c(C=O)cccc1OC. The maximum atomic E-state index is 11.1. The van der Waals surface area contributed by atoms with E-state index in [0.29, 0.717) is 17.1 Å². The molecule has 0 bridgehead atoms. The third kappa shape index (κ3) is 2.96. The summed E-state index contributed by atoms with van der Waals surface area (Å²) in [5, 5.41) is 4.13. The van der Waals surface area contributed by atoms with Gasteiger partial charge < -0.3 is 9.47 Å². The number of aryl methyl sites for hydroxylation is 1. The second kappa shape index (κ2) is 6.70. The lowest BCUT2D eigenvalue weighted by atomic mass is 10.2.